The lowest BCUT2D eigenvalue weighted by Gasteiger charge is -2.18. The lowest BCUT2D eigenvalue weighted by Crippen LogP contribution is -2.92. The SMILES string of the molecule is CC(C)NC(=O)[C@@H](C)[NH2+]C[C@H](c1cccs1)c1c[nH]c2ccccc12. The summed E-state index contributed by atoms with van der Waals surface area (Å²) in [7, 11) is 0. The van der Waals surface area contributed by atoms with Crippen molar-refractivity contribution in [3.8, 4) is 0 Å². The smallest absolute Gasteiger partial charge is 0.278 e. The number of hydrogen-bond acceptors (Lipinski definition) is 2. The van der Waals surface area contributed by atoms with Gasteiger partial charge in [-0.25, -0.2) is 0 Å². The van der Waals surface area contributed by atoms with Crippen LogP contribution in [0.5, 0.6) is 0 Å². The number of aromatic nitrogens is 1. The third kappa shape index (κ3) is 4.11. The molecular weight excluding hydrogens is 330 g/mol. The van der Waals surface area contributed by atoms with Crippen molar-refractivity contribution in [2.24, 2.45) is 0 Å². The van der Waals surface area contributed by atoms with Crippen LogP contribution in [0.15, 0.2) is 48.0 Å². The molecule has 0 bridgehead atoms. The van der Waals surface area contributed by atoms with E-state index in [0.29, 0.717) is 0 Å². The third-order valence-electron chi connectivity index (χ3n) is 4.45. The van der Waals surface area contributed by atoms with E-state index in [9.17, 15) is 4.79 Å². The molecule has 1 aromatic carbocycles. The lowest BCUT2D eigenvalue weighted by atomic mass is 9.96. The van der Waals surface area contributed by atoms with E-state index < -0.39 is 0 Å². The van der Waals surface area contributed by atoms with Gasteiger partial charge in [0.1, 0.15) is 0 Å². The first-order chi connectivity index (χ1) is 12.1. The minimum Gasteiger partial charge on any atom is -0.361 e. The molecule has 1 amide bonds. The van der Waals surface area contributed by atoms with Gasteiger partial charge in [-0.3, -0.25) is 4.79 Å². The van der Waals surface area contributed by atoms with Crippen LogP contribution in [0.4, 0.5) is 0 Å². The van der Waals surface area contributed by atoms with Gasteiger partial charge >= 0.3 is 0 Å². The highest BCUT2D eigenvalue weighted by molar-refractivity contribution is 7.10. The van der Waals surface area contributed by atoms with Gasteiger partial charge in [0.25, 0.3) is 5.91 Å². The van der Waals surface area contributed by atoms with Crippen molar-refractivity contribution >= 4 is 28.1 Å². The molecule has 0 aliphatic heterocycles. The number of fused-ring (bicyclic) bond motifs is 1. The normalized spacial score (nSPS) is 13.9. The highest BCUT2D eigenvalue weighted by Gasteiger charge is 2.24. The number of amides is 1. The van der Waals surface area contributed by atoms with Crippen LogP contribution in [0.2, 0.25) is 0 Å². The summed E-state index contributed by atoms with van der Waals surface area (Å²) in [5.74, 6) is 0.365. The molecule has 0 unspecified atom stereocenters. The number of nitrogens with one attached hydrogen (secondary N) is 2. The molecule has 0 saturated heterocycles. The number of para-hydroxylation sites is 1. The number of carbonyl (C=O) groups is 1. The van der Waals surface area contributed by atoms with E-state index in [1.54, 1.807) is 11.3 Å². The monoisotopic (exact) mass is 356 g/mol. The van der Waals surface area contributed by atoms with Crippen LogP contribution in [0.25, 0.3) is 10.9 Å². The van der Waals surface area contributed by atoms with Crippen molar-refractivity contribution in [1.29, 1.82) is 0 Å². The Bertz CT molecular complexity index is 822. The molecule has 2 heterocycles. The van der Waals surface area contributed by atoms with Crippen molar-refractivity contribution in [3.63, 3.8) is 0 Å². The first-order valence-electron chi connectivity index (χ1n) is 8.79. The minimum atomic E-state index is -0.102. The summed E-state index contributed by atoms with van der Waals surface area (Å²) in [5.41, 5.74) is 2.45. The molecule has 5 heteroatoms. The van der Waals surface area contributed by atoms with Gasteiger partial charge in [-0.1, -0.05) is 24.3 Å². The van der Waals surface area contributed by atoms with Crippen LogP contribution in [0.1, 0.15) is 37.1 Å². The molecule has 0 fully saturated rings. The fraction of sp³-hybridized carbons (Fsp3) is 0.350. The zero-order valence-electron chi connectivity index (χ0n) is 15.0. The molecule has 2 aromatic heterocycles. The number of rotatable bonds is 7. The maximum absolute atomic E-state index is 12.2. The Labute approximate surface area is 152 Å². The number of H-pyrrole nitrogens is 1. The standard InChI is InChI=1S/C20H25N3OS/c1-13(2)23-20(24)14(3)21-12-17(19-9-6-10-25-19)16-11-22-18-8-5-4-7-15(16)18/h4-11,13-14,17,21-22H,12H2,1-3H3,(H,23,24)/p+1/t14-,17+/m1/s1. The Hall–Kier alpha value is -2.11. The first-order valence-corrected chi connectivity index (χ1v) is 9.67. The van der Waals surface area contributed by atoms with Crippen LogP contribution >= 0.6 is 11.3 Å². The van der Waals surface area contributed by atoms with E-state index in [2.05, 4.69) is 57.5 Å². The quantitative estimate of drug-likeness (QED) is 0.599. The van der Waals surface area contributed by atoms with Crippen LogP contribution in [0.3, 0.4) is 0 Å². The van der Waals surface area contributed by atoms with E-state index in [1.165, 1.54) is 15.8 Å². The predicted molar refractivity (Wildman–Crippen MR) is 104 cm³/mol. The summed E-state index contributed by atoms with van der Waals surface area (Å²) >= 11 is 1.77. The maximum Gasteiger partial charge on any atom is 0.278 e. The molecule has 3 aromatic rings. The van der Waals surface area contributed by atoms with E-state index >= 15 is 0 Å². The van der Waals surface area contributed by atoms with Crippen LogP contribution in [-0.2, 0) is 4.79 Å². The van der Waals surface area contributed by atoms with Crippen LogP contribution in [0, 0.1) is 0 Å². The fourth-order valence-electron chi connectivity index (χ4n) is 3.13. The number of benzene rings is 1. The van der Waals surface area contributed by atoms with E-state index in [4.69, 9.17) is 0 Å². The number of aromatic amines is 1. The van der Waals surface area contributed by atoms with E-state index in [0.717, 1.165) is 12.1 Å². The molecular formula is C20H26N3OS+. The molecule has 0 spiro atoms. The Balaban J connectivity index is 1.81. The Morgan fingerprint density at radius 2 is 2.00 bits per heavy atom. The van der Waals surface area contributed by atoms with Crippen molar-refractivity contribution in [1.82, 2.24) is 10.3 Å². The molecule has 4 nitrogen and oxygen atoms in total. The van der Waals surface area contributed by atoms with E-state index in [-0.39, 0.29) is 23.9 Å². The van der Waals surface area contributed by atoms with Gasteiger partial charge in [0.2, 0.25) is 0 Å². The van der Waals surface area contributed by atoms with Gasteiger partial charge in [-0.15, -0.1) is 11.3 Å². The molecule has 25 heavy (non-hydrogen) atoms. The van der Waals surface area contributed by atoms with Gasteiger partial charge in [-0.2, -0.15) is 0 Å². The van der Waals surface area contributed by atoms with Gasteiger partial charge in [0.15, 0.2) is 6.04 Å². The summed E-state index contributed by atoms with van der Waals surface area (Å²) in [6, 6.07) is 12.7. The number of quaternary nitrogens is 1. The number of hydrogen-bond donors (Lipinski definition) is 3. The second-order valence-corrected chi connectivity index (χ2v) is 7.76. The average Bonchev–Trinajstić information content (AvgIpc) is 3.25. The second kappa shape index (κ2) is 7.85. The fourth-order valence-corrected chi connectivity index (χ4v) is 3.99. The second-order valence-electron chi connectivity index (χ2n) is 6.78. The first kappa shape index (κ1) is 17.7. The predicted octanol–water partition coefficient (Wildman–Crippen LogP) is 2.84. The molecule has 3 rings (SSSR count). The molecule has 2 atom stereocenters. The van der Waals surface area contributed by atoms with Crippen LogP contribution in [-0.4, -0.2) is 29.5 Å². The summed E-state index contributed by atoms with van der Waals surface area (Å²) in [4.78, 5) is 16.9. The van der Waals surface area contributed by atoms with Gasteiger partial charge in [0.05, 0.1) is 12.5 Å². The average molecular weight is 357 g/mol. The molecule has 0 aliphatic rings. The van der Waals surface area contributed by atoms with Crippen molar-refractivity contribution in [2.75, 3.05) is 6.54 Å². The van der Waals surface area contributed by atoms with Gasteiger partial charge in [0, 0.05) is 28.0 Å². The zero-order chi connectivity index (χ0) is 17.8. The summed E-state index contributed by atoms with van der Waals surface area (Å²) in [5, 5.41) is 8.51. The highest BCUT2D eigenvalue weighted by atomic mass is 32.1. The Morgan fingerprint density at radius 1 is 1.20 bits per heavy atom. The molecule has 132 valence electrons. The van der Waals surface area contributed by atoms with Gasteiger partial charge in [-0.05, 0) is 43.8 Å². The minimum absolute atomic E-state index is 0.0962. The zero-order valence-corrected chi connectivity index (χ0v) is 15.8. The highest BCUT2D eigenvalue weighted by Crippen LogP contribution is 2.32. The van der Waals surface area contributed by atoms with E-state index in [1.807, 2.05) is 26.8 Å². The lowest BCUT2D eigenvalue weighted by molar-refractivity contribution is -0.674. The van der Waals surface area contributed by atoms with Crippen molar-refractivity contribution in [2.45, 2.75) is 38.8 Å². The third-order valence-corrected chi connectivity index (χ3v) is 5.44. The maximum atomic E-state index is 12.2. The Kier molecular flexibility index (Phi) is 5.56. The molecule has 0 radical (unpaired) electrons. The number of nitrogens with two attached hydrogens (primary N) is 1. The van der Waals surface area contributed by atoms with Crippen molar-refractivity contribution < 1.29 is 10.1 Å². The summed E-state index contributed by atoms with van der Waals surface area (Å²) < 4.78 is 0. The summed E-state index contributed by atoms with van der Waals surface area (Å²) in [6.07, 6.45) is 2.11. The largest absolute Gasteiger partial charge is 0.361 e. The molecule has 0 saturated carbocycles. The number of thiophene rings is 1. The van der Waals surface area contributed by atoms with Gasteiger partial charge < -0.3 is 15.6 Å². The summed E-state index contributed by atoms with van der Waals surface area (Å²) in [6.45, 7) is 6.80. The number of carbonyl (C=O) groups excluding carboxylic acids is 1. The Morgan fingerprint density at radius 3 is 2.72 bits per heavy atom. The van der Waals surface area contributed by atoms with Crippen molar-refractivity contribution in [3.05, 3.63) is 58.4 Å². The van der Waals surface area contributed by atoms with Crippen LogP contribution < -0.4 is 10.6 Å². The molecule has 4 N–H and O–H groups in total. The topological polar surface area (TPSA) is 61.5 Å². The molecule has 0 aliphatic carbocycles.